The first-order valence-corrected chi connectivity index (χ1v) is 6.17. The van der Waals surface area contributed by atoms with Crippen LogP contribution in [0.4, 0.5) is 11.4 Å². The normalized spacial score (nSPS) is 10.2. The molecule has 0 unspecified atom stereocenters. The smallest absolute Gasteiger partial charge is 0.272 e. The van der Waals surface area contributed by atoms with E-state index in [4.69, 9.17) is 0 Å². The van der Waals surface area contributed by atoms with Gasteiger partial charge in [0.15, 0.2) is 0 Å². The fraction of sp³-hybridized carbons (Fsp3) is 0.0833. The number of nitro benzene ring substituents is 1. The molecule has 6 nitrogen and oxygen atoms in total. The standard InChI is InChI=1S/C12H10BrN3O3/c1-7-4-9(16(18)19)2-3-10(7)15-12(17)11-5-8(13)6-14-11/h2-6,14H,1H3,(H,15,17). The van der Waals surface area contributed by atoms with Crippen LogP contribution in [-0.2, 0) is 0 Å². The second-order valence-electron chi connectivity index (χ2n) is 3.94. The Bertz CT molecular complexity index is 651. The van der Waals surface area contributed by atoms with E-state index in [1.165, 1.54) is 18.2 Å². The number of carbonyl (C=O) groups is 1. The van der Waals surface area contributed by atoms with Gasteiger partial charge in [-0.25, -0.2) is 0 Å². The molecule has 0 saturated carbocycles. The summed E-state index contributed by atoms with van der Waals surface area (Å²) in [6.07, 6.45) is 1.65. The minimum atomic E-state index is -0.472. The number of non-ortho nitro benzene ring substituents is 1. The Kier molecular flexibility index (Phi) is 3.66. The summed E-state index contributed by atoms with van der Waals surface area (Å²) in [6.45, 7) is 1.70. The van der Waals surface area contributed by atoms with E-state index in [1.807, 2.05) is 0 Å². The fourth-order valence-corrected chi connectivity index (χ4v) is 1.93. The number of nitrogens with zero attached hydrogens (tertiary/aromatic N) is 1. The Labute approximate surface area is 117 Å². The summed E-state index contributed by atoms with van der Waals surface area (Å²) >= 11 is 3.24. The summed E-state index contributed by atoms with van der Waals surface area (Å²) in [7, 11) is 0. The maximum atomic E-state index is 11.9. The number of anilines is 1. The zero-order chi connectivity index (χ0) is 14.0. The van der Waals surface area contributed by atoms with Gasteiger partial charge in [0.2, 0.25) is 0 Å². The average Bonchev–Trinajstić information content (AvgIpc) is 2.78. The minimum absolute atomic E-state index is 0.00174. The third-order valence-corrected chi connectivity index (χ3v) is 3.02. The molecule has 0 aliphatic rings. The lowest BCUT2D eigenvalue weighted by molar-refractivity contribution is -0.384. The molecular weight excluding hydrogens is 314 g/mol. The summed E-state index contributed by atoms with van der Waals surface area (Å²) in [5.41, 5.74) is 1.58. The van der Waals surface area contributed by atoms with Gasteiger partial charge in [-0.3, -0.25) is 14.9 Å². The number of halogens is 1. The molecule has 0 fully saturated rings. The van der Waals surface area contributed by atoms with E-state index >= 15 is 0 Å². The molecule has 0 aliphatic heterocycles. The molecule has 98 valence electrons. The molecule has 1 heterocycles. The summed E-state index contributed by atoms with van der Waals surface area (Å²) in [4.78, 5) is 24.9. The van der Waals surface area contributed by atoms with Crippen LogP contribution in [-0.4, -0.2) is 15.8 Å². The van der Waals surface area contributed by atoms with Crippen molar-refractivity contribution in [3.63, 3.8) is 0 Å². The Morgan fingerprint density at radius 3 is 2.68 bits per heavy atom. The average molecular weight is 324 g/mol. The van der Waals surface area contributed by atoms with Crippen molar-refractivity contribution >= 4 is 33.2 Å². The minimum Gasteiger partial charge on any atom is -0.356 e. The number of rotatable bonds is 3. The lowest BCUT2D eigenvalue weighted by Gasteiger charge is -2.07. The topological polar surface area (TPSA) is 88.0 Å². The van der Waals surface area contributed by atoms with Crippen LogP contribution in [0.15, 0.2) is 34.9 Å². The molecule has 2 N–H and O–H groups in total. The zero-order valence-electron chi connectivity index (χ0n) is 9.94. The molecule has 0 atom stereocenters. The highest BCUT2D eigenvalue weighted by Gasteiger charge is 2.12. The number of H-pyrrole nitrogens is 1. The molecule has 19 heavy (non-hydrogen) atoms. The van der Waals surface area contributed by atoms with Crippen molar-refractivity contribution in [3.8, 4) is 0 Å². The maximum absolute atomic E-state index is 11.9. The van der Waals surface area contributed by atoms with Gasteiger partial charge in [0, 0.05) is 28.5 Å². The molecule has 7 heteroatoms. The van der Waals surface area contributed by atoms with Crippen molar-refractivity contribution < 1.29 is 9.72 Å². The summed E-state index contributed by atoms with van der Waals surface area (Å²) in [6, 6.07) is 5.94. The van der Waals surface area contributed by atoms with E-state index in [0.29, 0.717) is 16.9 Å². The van der Waals surface area contributed by atoms with Crippen LogP contribution in [0.3, 0.4) is 0 Å². The van der Waals surface area contributed by atoms with Gasteiger partial charge in [0.25, 0.3) is 11.6 Å². The van der Waals surface area contributed by atoms with Crippen LogP contribution in [0.5, 0.6) is 0 Å². The van der Waals surface area contributed by atoms with Crippen LogP contribution < -0.4 is 5.32 Å². The van der Waals surface area contributed by atoms with E-state index in [1.54, 1.807) is 19.2 Å². The number of benzene rings is 1. The van der Waals surface area contributed by atoms with Gasteiger partial charge in [0.1, 0.15) is 5.69 Å². The van der Waals surface area contributed by atoms with Crippen LogP contribution >= 0.6 is 15.9 Å². The third kappa shape index (κ3) is 3.00. The molecule has 2 aromatic rings. The number of nitrogens with one attached hydrogen (secondary N) is 2. The number of carbonyl (C=O) groups excluding carboxylic acids is 1. The number of aryl methyl sites for hydroxylation is 1. The Morgan fingerprint density at radius 2 is 2.16 bits per heavy atom. The van der Waals surface area contributed by atoms with Crippen molar-refractivity contribution in [1.29, 1.82) is 0 Å². The van der Waals surface area contributed by atoms with Crippen molar-refractivity contribution in [1.82, 2.24) is 4.98 Å². The van der Waals surface area contributed by atoms with Crippen LogP contribution in [0.1, 0.15) is 16.1 Å². The molecule has 0 bridgehead atoms. The highest BCUT2D eigenvalue weighted by atomic mass is 79.9. The Morgan fingerprint density at radius 1 is 1.42 bits per heavy atom. The highest BCUT2D eigenvalue weighted by molar-refractivity contribution is 9.10. The summed E-state index contributed by atoms with van der Waals surface area (Å²) < 4.78 is 0.776. The number of nitro groups is 1. The van der Waals surface area contributed by atoms with E-state index < -0.39 is 4.92 Å². The first kappa shape index (κ1) is 13.3. The van der Waals surface area contributed by atoms with Gasteiger partial charge in [0.05, 0.1) is 4.92 Å². The van der Waals surface area contributed by atoms with Gasteiger partial charge in [-0.15, -0.1) is 0 Å². The predicted molar refractivity (Wildman–Crippen MR) is 74.3 cm³/mol. The van der Waals surface area contributed by atoms with E-state index in [9.17, 15) is 14.9 Å². The predicted octanol–water partition coefficient (Wildman–Crippen LogP) is 3.25. The van der Waals surface area contributed by atoms with E-state index in [2.05, 4.69) is 26.2 Å². The first-order chi connectivity index (χ1) is 8.97. The molecule has 0 aliphatic carbocycles. The van der Waals surface area contributed by atoms with E-state index in [-0.39, 0.29) is 11.6 Å². The Hall–Kier alpha value is -2.15. The molecular formula is C12H10BrN3O3. The van der Waals surface area contributed by atoms with Crippen molar-refractivity contribution in [3.05, 3.63) is 56.3 Å². The van der Waals surface area contributed by atoms with Gasteiger partial charge in [-0.1, -0.05) is 0 Å². The lowest BCUT2D eigenvalue weighted by atomic mass is 10.1. The number of aromatic amines is 1. The van der Waals surface area contributed by atoms with Crippen LogP contribution in [0, 0.1) is 17.0 Å². The quantitative estimate of drug-likeness (QED) is 0.671. The molecule has 1 amide bonds. The summed E-state index contributed by atoms with van der Waals surface area (Å²) in [5, 5.41) is 13.3. The Balaban J connectivity index is 2.20. The van der Waals surface area contributed by atoms with Gasteiger partial charge >= 0.3 is 0 Å². The van der Waals surface area contributed by atoms with Crippen molar-refractivity contribution in [2.45, 2.75) is 6.92 Å². The summed E-state index contributed by atoms with van der Waals surface area (Å²) in [5.74, 6) is -0.303. The molecule has 0 spiro atoms. The number of amides is 1. The molecule has 0 saturated heterocycles. The highest BCUT2D eigenvalue weighted by Crippen LogP contribution is 2.22. The van der Waals surface area contributed by atoms with Crippen molar-refractivity contribution in [2.75, 3.05) is 5.32 Å². The number of aromatic nitrogens is 1. The van der Waals surface area contributed by atoms with Gasteiger partial charge in [-0.05, 0) is 40.5 Å². The largest absolute Gasteiger partial charge is 0.356 e. The molecule has 0 radical (unpaired) electrons. The fourth-order valence-electron chi connectivity index (χ4n) is 1.59. The van der Waals surface area contributed by atoms with E-state index in [0.717, 1.165) is 4.47 Å². The first-order valence-electron chi connectivity index (χ1n) is 5.37. The molecule has 2 rings (SSSR count). The van der Waals surface area contributed by atoms with Crippen LogP contribution in [0.25, 0.3) is 0 Å². The lowest BCUT2D eigenvalue weighted by Crippen LogP contribution is -2.13. The van der Waals surface area contributed by atoms with Crippen molar-refractivity contribution in [2.24, 2.45) is 0 Å². The third-order valence-electron chi connectivity index (χ3n) is 2.56. The second kappa shape index (κ2) is 5.23. The molecule has 1 aromatic heterocycles. The second-order valence-corrected chi connectivity index (χ2v) is 4.86. The SMILES string of the molecule is Cc1cc([N+](=O)[O-])ccc1NC(=O)c1cc(Br)c[nH]1. The zero-order valence-corrected chi connectivity index (χ0v) is 11.5. The monoisotopic (exact) mass is 323 g/mol. The number of hydrogen-bond donors (Lipinski definition) is 2. The van der Waals surface area contributed by atoms with Gasteiger partial charge in [-0.2, -0.15) is 0 Å². The van der Waals surface area contributed by atoms with Crippen LogP contribution in [0.2, 0.25) is 0 Å². The maximum Gasteiger partial charge on any atom is 0.272 e. The van der Waals surface area contributed by atoms with Gasteiger partial charge < -0.3 is 10.3 Å². The number of hydrogen-bond acceptors (Lipinski definition) is 3. The molecule has 1 aromatic carbocycles.